The van der Waals surface area contributed by atoms with Crippen LogP contribution in [0.4, 0.5) is 5.69 Å². The molecule has 1 aromatic carbocycles. The minimum absolute atomic E-state index is 0.0248. The van der Waals surface area contributed by atoms with Gasteiger partial charge in [0.1, 0.15) is 0 Å². The summed E-state index contributed by atoms with van der Waals surface area (Å²) in [5.41, 5.74) is 1.80. The molecule has 2 N–H and O–H groups in total. The maximum absolute atomic E-state index is 11.8. The zero-order valence-electron chi connectivity index (χ0n) is 9.21. The second kappa shape index (κ2) is 5.65. The molecule has 1 aromatic rings. The van der Waals surface area contributed by atoms with Gasteiger partial charge in [0.2, 0.25) is 0 Å². The number of ether oxygens (including phenoxy) is 1. The average molecular weight is 259 g/mol. The van der Waals surface area contributed by atoms with Crippen molar-refractivity contribution in [1.29, 1.82) is 0 Å². The summed E-state index contributed by atoms with van der Waals surface area (Å²) in [4.78, 5) is 11.0. The summed E-state index contributed by atoms with van der Waals surface area (Å²) in [6.07, 6.45) is 0. The minimum Gasteiger partial charge on any atom is -0.465 e. The number of nitrogens with one attached hydrogen (secondary N) is 1. The highest BCUT2D eigenvalue weighted by Gasteiger charge is 2.22. The third-order valence-electron chi connectivity index (χ3n) is 1.96. The molecule has 0 atom stereocenters. The number of hydrogen-bond donors (Lipinski definition) is 2. The Morgan fingerprint density at radius 3 is 2.65 bits per heavy atom. The van der Waals surface area contributed by atoms with Crippen LogP contribution < -0.4 is 5.48 Å². The van der Waals surface area contributed by atoms with Gasteiger partial charge in [0.25, 0.3) is 0 Å². The van der Waals surface area contributed by atoms with Gasteiger partial charge in [-0.3, -0.25) is 15.5 Å². The van der Waals surface area contributed by atoms with Gasteiger partial charge >= 0.3 is 5.97 Å². The molecule has 0 fully saturated rings. The van der Waals surface area contributed by atoms with Crippen molar-refractivity contribution in [2.45, 2.75) is 11.8 Å². The van der Waals surface area contributed by atoms with Gasteiger partial charge in [-0.15, -0.1) is 0 Å². The Morgan fingerprint density at radius 2 is 2.06 bits per heavy atom. The predicted octanol–water partition coefficient (Wildman–Crippen LogP) is 0.825. The summed E-state index contributed by atoms with van der Waals surface area (Å²) in [5, 5.41) is 8.79. The van der Waals surface area contributed by atoms with Gasteiger partial charge in [0, 0.05) is 0 Å². The summed E-state index contributed by atoms with van der Waals surface area (Å²) in [6, 6.07) is 5.74. The normalized spacial score (nSPS) is 10.9. The van der Waals surface area contributed by atoms with Gasteiger partial charge in [-0.25, -0.2) is 8.42 Å². The summed E-state index contributed by atoms with van der Waals surface area (Å²) in [5.74, 6) is -1.57. The molecule has 0 amide bonds. The van der Waals surface area contributed by atoms with Gasteiger partial charge in [-0.05, 0) is 19.1 Å². The molecule has 0 radical (unpaired) electrons. The molecular formula is C10H13NO5S. The highest BCUT2D eigenvalue weighted by molar-refractivity contribution is 7.92. The van der Waals surface area contributed by atoms with E-state index in [1.165, 1.54) is 18.2 Å². The molecule has 0 heterocycles. The first kappa shape index (κ1) is 13.5. The first-order valence-corrected chi connectivity index (χ1v) is 6.54. The quantitative estimate of drug-likeness (QED) is 0.601. The van der Waals surface area contributed by atoms with Crippen molar-refractivity contribution in [1.82, 2.24) is 0 Å². The molecule has 0 aromatic heterocycles. The van der Waals surface area contributed by atoms with Gasteiger partial charge in [-0.2, -0.15) is 0 Å². The molecule has 0 aliphatic heterocycles. The lowest BCUT2D eigenvalue weighted by molar-refractivity contribution is -0.139. The fraction of sp³-hybridized carbons (Fsp3) is 0.300. The molecule has 0 aliphatic rings. The standard InChI is InChI=1S/C10H13NO5S/c1-2-16-10(12)7-17(14,15)9-6-4-3-5-8(9)11-13/h3-6,11,13H,2,7H2,1H3. The highest BCUT2D eigenvalue weighted by atomic mass is 32.2. The van der Waals surface area contributed by atoms with Crippen molar-refractivity contribution in [3.05, 3.63) is 24.3 Å². The molecule has 0 aliphatic carbocycles. The Labute approximate surface area is 99.1 Å². The van der Waals surface area contributed by atoms with Crippen LogP contribution in [0.1, 0.15) is 6.92 Å². The zero-order chi connectivity index (χ0) is 12.9. The van der Waals surface area contributed by atoms with Gasteiger partial charge < -0.3 is 4.74 Å². The summed E-state index contributed by atoms with van der Waals surface area (Å²) in [6.45, 7) is 1.71. The number of carbonyl (C=O) groups excluding carboxylic acids is 1. The molecule has 17 heavy (non-hydrogen) atoms. The van der Waals surface area contributed by atoms with E-state index in [1.807, 2.05) is 0 Å². The SMILES string of the molecule is CCOC(=O)CS(=O)(=O)c1ccccc1NO. The molecule has 0 spiro atoms. The van der Waals surface area contributed by atoms with E-state index >= 15 is 0 Å². The lowest BCUT2D eigenvalue weighted by atomic mass is 10.3. The summed E-state index contributed by atoms with van der Waals surface area (Å²) in [7, 11) is -3.82. The lowest BCUT2D eigenvalue weighted by Crippen LogP contribution is -2.19. The topological polar surface area (TPSA) is 92.7 Å². The average Bonchev–Trinajstić information content (AvgIpc) is 2.28. The number of hydrogen-bond acceptors (Lipinski definition) is 6. The molecule has 0 bridgehead atoms. The van der Waals surface area contributed by atoms with E-state index in [9.17, 15) is 13.2 Å². The van der Waals surface area contributed by atoms with Crippen LogP contribution in [-0.4, -0.2) is 32.0 Å². The molecular weight excluding hydrogens is 246 g/mol. The smallest absolute Gasteiger partial charge is 0.321 e. The van der Waals surface area contributed by atoms with E-state index in [-0.39, 0.29) is 17.2 Å². The Morgan fingerprint density at radius 1 is 1.41 bits per heavy atom. The van der Waals surface area contributed by atoms with Crippen LogP contribution in [0.15, 0.2) is 29.2 Å². The minimum atomic E-state index is -3.82. The Balaban J connectivity index is 3.01. The Bertz CT molecular complexity index is 497. The van der Waals surface area contributed by atoms with Crippen molar-refractivity contribution in [2.24, 2.45) is 0 Å². The molecule has 94 valence electrons. The van der Waals surface area contributed by atoms with Crippen LogP contribution in [0.2, 0.25) is 0 Å². The highest BCUT2D eigenvalue weighted by Crippen LogP contribution is 2.21. The van der Waals surface area contributed by atoms with Crippen LogP contribution in [0, 0.1) is 0 Å². The van der Waals surface area contributed by atoms with E-state index in [0.717, 1.165) is 0 Å². The maximum atomic E-state index is 11.8. The van der Waals surface area contributed by atoms with E-state index in [0.29, 0.717) is 0 Å². The number of esters is 1. The van der Waals surface area contributed by atoms with Crippen LogP contribution in [0.5, 0.6) is 0 Å². The molecule has 0 saturated carbocycles. The second-order valence-corrected chi connectivity index (χ2v) is 5.13. The molecule has 0 saturated heterocycles. The van der Waals surface area contributed by atoms with Crippen molar-refractivity contribution in [2.75, 3.05) is 17.8 Å². The number of sulfone groups is 1. The lowest BCUT2D eigenvalue weighted by Gasteiger charge is -2.08. The number of carbonyl (C=O) groups is 1. The molecule has 0 unspecified atom stereocenters. The van der Waals surface area contributed by atoms with Gasteiger partial charge in [-0.1, -0.05) is 12.1 Å². The van der Waals surface area contributed by atoms with Crippen LogP contribution >= 0.6 is 0 Å². The van der Waals surface area contributed by atoms with E-state index in [4.69, 9.17) is 5.21 Å². The second-order valence-electron chi connectivity index (χ2n) is 3.17. The first-order valence-electron chi connectivity index (χ1n) is 4.88. The largest absolute Gasteiger partial charge is 0.465 e. The Kier molecular flexibility index (Phi) is 4.47. The third kappa shape index (κ3) is 3.43. The van der Waals surface area contributed by atoms with Crippen molar-refractivity contribution >= 4 is 21.5 Å². The number of rotatable bonds is 5. The van der Waals surface area contributed by atoms with Crippen molar-refractivity contribution < 1.29 is 23.2 Å². The fourth-order valence-electron chi connectivity index (χ4n) is 1.27. The number of benzene rings is 1. The summed E-state index contributed by atoms with van der Waals surface area (Å²) < 4.78 is 28.3. The first-order chi connectivity index (χ1) is 8.01. The van der Waals surface area contributed by atoms with Gasteiger partial charge in [0.15, 0.2) is 15.6 Å². The Hall–Kier alpha value is -1.60. The van der Waals surface area contributed by atoms with E-state index in [1.54, 1.807) is 18.5 Å². The number of para-hydroxylation sites is 1. The maximum Gasteiger partial charge on any atom is 0.321 e. The molecule has 6 nitrogen and oxygen atoms in total. The molecule has 1 rings (SSSR count). The van der Waals surface area contributed by atoms with E-state index in [2.05, 4.69) is 4.74 Å². The van der Waals surface area contributed by atoms with Crippen molar-refractivity contribution in [3.63, 3.8) is 0 Å². The van der Waals surface area contributed by atoms with E-state index < -0.39 is 21.6 Å². The van der Waals surface area contributed by atoms with Crippen LogP contribution in [-0.2, 0) is 19.4 Å². The zero-order valence-corrected chi connectivity index (χ0v) is 10.0. The fourth-order valence-corrected chi connectivity index (χ4v) is 2.55. The van der Waals surface area contributed by atoms with Crippen molar-refractivity contribution in [3.8, 4) is 0 Å². The monoisotopic (exact) mass is 259 g/mol. The molecule has 7 heteroatoms. The predicted molar refractivity (Wildman–Crippen MR) is 60.5 cm³/mol. The van der Waals surface area contributed by atoms with Gasteiger partial charge in [0.05, 0.1) is 17.2 Å². The summed E-state index contributed by atoms with van der Waals surface area (Å²) >= 11 is 0. The number of anilines is 1. The van der Waals surface area contributed by atoms with Crippen LogP contribution in [0.25, 0.3) is 0 Å². The van der Waals surface area contributed by atoms with Crippen LogP contribution in [0.3, 0.4) is 0 Å². The third-order valence-corrected chi connectivity index (χ3v) is 3.60.